The molecular formula is C42H40Cl4N6O4. The molecule has 5 N–H and O–H groups in total. The van der Waals surface area contributed by atoms with E-state index in [-0.39, 0.29) is 64.6 Å². The summed E-state index contributed by atoms with van der Waals surface area (Å²) in [5, 5.41) is 10.8. The maximum absolute atomic E-state index is 12.2. The van der Waals surface area contributed by atoms with E-state index in [2.05, 4.69) is 9.97 Å². The van der Waals surface area contributed by atoms with Crippen LogP contribution in [0.25, 0.3) is 22.5 Å². The summed E-state index contributed by atoms with van der Waals surface area (Å²) in [6.45, 7) is 3.66. The second-order valence-electron chi connectivity index (χ2n) is 11.7. The number of benzene rings is 4. The zero-order chi connectivity index (χ0) is 39.1. The first kappa shape index (κ1) is 44.9. The summed E-state index contributed by atoms with van der Waals surface area (Å²) in [6, 6.07) is 29.7. The first-order valence-electron chi connectivity index (χ1n) is 16.1. The molecule has 14 heteroatoms. The van der Waals surface area contributed by atoms with Crippen molar-refractivity contribution < 1.29 is 19.5 Å². The molecule has 6 aromatic rings. The first-order valence-corrected chi connectivity index (χ1v) is 17.6. The number of hydrogen-bond acceptors (Lipinski definition) is 6. The second-order valence-corrected chi connectivity index (χ2v) is 13.3. The number of para-hydroxylation sites is 2. The Morgan fingerprint density at radius 1 is 0.607 bits per heavy atom. The van der Waals surface area contributed by atoms with E-state index in [1.165, 1.54) is 6.07 Å². The van der Waals surface area contributed by atoms with Crippen LogP contribution in [0.15, 0.2) is 109 Å². The van der Waals surface area contributed by atoms with Gasteiger partial charge in [-0.3, -0.25) is 4.79 Å². The van der Waals surface area contributed by atoms with Gasteiger partial charge in [-0.2, -0.15) is 0 Å². The van der Waals surface area contributed by atoms with Crippen LogP contribution >= 0.6 is 46.4 Å². The van der Waals surface area contributed by atoms with Crippen LogP contribution in [0.2, 0.25) is 20.1 Å². The first-order chi connectivity index (χ1) is 25.9. The summed E-state index contributed by atoms with van der Waals surface area (Å²) in [4.78, 5) is 47.3. The molecule has 4 aromatic carbocycles. The van der Waals surface area contributed by atoms with E-state index in [1.54, 1.807) is 54.6 Å². The van der Waals surface area contributed by atoms with Crippen LogP contribution < -0.4 is 21.3 Å². The van der Waals surface area contributed by atoms with Crippen molar-refractivity contribution in [1.82, 2.24) is 9.97 Å². The van der Waals surface area contributed by atoms with Crippen LogP contribution in [0.3, 0.4) is 0 Å². The van der Waals surface area contributed by atoms with Crippen molar-refractivity contribution in [3.63, 3.8) is 0 Å². The molecule has 0 unspecified atom stereocenters. The van der Waals surface area contributed by atoms with Gasteiger partial charge in [0.25, 0.3) is 0 Å². The van der Waals surface area contributed by atoms with E-state index >= 15 is 0 Å². The molecule has 0 aliphatic rings. The summed E-state index contributed by atoms with van der Waals surface area (Å²) >= 11 is 25.0. The number of amides is 4. The number of primary amides is 2. The molecule has 0 bridgehead atoms. The number of pyridine rings is 2. The van der Waals surface area contributed by atoms with Crippen molar-refractivity contribution in [2.75, 3.05) is 9.80 Å². The molecule has 2 aromatic heterocycles. The number of aromatic nitrogens is 2. The summed E-state index contributed by atoms with van der Waals surface area (Å²) in [6.07, 6.45) is 0.718. The third kappa shape index (κ3) is 9.65. The predicted octanol–water partition coefficient (Wildman–Crippen LogP) is 11.7. The van der Waals surface area contributed by atoms with Crippen LogP contribution in [0.1, 0.15) is 41.9 Å². The lowest BCUT2D eigenvalue weighted by atomic mass is 10.0. The number of aldehydes is 1. The van der Waals surface area contributed by atoms with Gasteiger partial charge in [-0.1, -0.05) is 128 Å². The summed E-state index contributed by atoms with van der Waals surface area (Å²) < 4.78 is 0. The predicted molar refractivity (Wildman–Crippen MR) is 230 cm³/mol. The molecule has 0 aliphatic heterocycles. The standard InChI is InChI=1S/C20H17Cl2N3O2.C20H15Cl2N3O2.2CH4/c2*1-12-5-2-3-6-14(12)18-13(11-26)9-10-17(24-18)25(20(23)27)19-15(21)7-4-8-16(19)22;;/h2-10,26H,11H2,1H3,(H2,23,27);2-11H,1H3,(H2,23,27);2*1H4. The average Bonchev–Trinajstić information content (AvgIpc) is 3.15. The van der Waals surface area contributed by atoms with Crippen molar-refractivity contribution >= 4 is 87.8 Å². The van der Waals surface area contributed by atoms with Gasteiger partial charge in [0.05, 0.1) is 49.5 Å². The zero-order valence-corrected chi connectivity index (χ0v) is 31.8. The molecule has 0 radical (unpaired) electrons. The Bertz CT molecular complexity index is 2340. The lowest BCUT2D eigenvalue weighted by Crippen LogP contribution is -2.32. The van der Waals surface area contributed by atoms with E-state index < -0.39 is 12.1 Å². The number of halogens is 4. The van der Waals surface area contributed by atoms with Gasteiger partial charge in [-0.15, -0.1) is 0 Å². The summed E-state index contributed by atoms with van der Waals surface area (Å²) in [5.74, 6) is 0.467. The number of carbonyl (C=O) groups excluding carboxylic acids is 3. The number of urea groups is 2. The fourth-order valence-electron chi connectivity index (χ4n) is 5.62. The Kier molecular flexibility index (Phi) is 16.0. The van der Waals surface area contributed by atoms with Gasteiger partial charge < -0.3 is 16.6 Å². The topological polar surface area (TPSA) is 156 Å². The number of nitrogens with zero attached hydrogens (tertiary/aromatic N) is 4. The second kappa shape index (κ2) is 19.9. The van der Waals surface area contributed by atoms with Gasteiger partial charge in [-0.25, -0.2) is 29.4 Å². The van der Waals surface area contributed by atoms with Crippen molar-refractivity contribution in [2.45, 2.75) is 35.3 Å². The quantitative estimate of drug-likeness (QED) is 0.130. The largest absolute Gasteiger partial charge is 0.392 e. The number of rotatable bonds is 8. The molecule has 56 heavy (non-hydrogen) atoms. The number of nitrogens with two attached hydrogens (primary N) is 2. The molecular weight excluding hydrogens is 794 g/mol. The lowest BCUT2D eigenvalue weighted by Gasteiger charge is -2.23. The molecule has 0 atom stereocenters. The Morgan fingerprint density at radius 3 is 1.39 bits per heavy atom. The Balaban J connectivity index is 0.000000290. The molecule has 10 nitrogen and oxygen atoms in total. The minimum absolute atomic E-state index is 0. The van der Waals surface area contributed by atoms with E-state index in [0.717, 1.165) is 38.3 Å². The number of aryl methyl sites for hydroxylation is 2. The van der Waals surface area contributed by atoms with Gasteiger partial charge in [0.2, 0.25) is 0 Å². The number of anilines is 4. The molecule has 0 spiro atoms. The van der Waals surface area contributed by atoms with Gasteiger partial charge in [0.1, 0.15) is 11.6 Å². The monoisotopic (exact) mass is 832 g/mol. The van der Waals surface area contributed by atoms with E-state index in [9.17, 15) is 19.5 Å². The third-order valence-corrected chi connectivity index (χ3v) is 9.41. The Morgan fingerprint density at radius 2 is 1.00 bits per heavy atom. The normalized spacial score (nSPS) is 10.2. The van der Waals surface area contributed by atoms with Crippen LogP contribution in [0.4, 0.5) is 32.6 Å². The molecule has 0 saturated heterocycles. The van der Waals surface area contributed by atoms with Crippen LogP contribution in [0.5, 0.6) is 0 Å². The van der Waals surface area contributed by atoms with Crippen LogP contribution in [-0.2, 0) is 6.61 Å². The molecule has 4 amide bonds. The van der Waals surface area contributed by atoms with Crippen molar-refractivity contribution in [2.24, 2.45) is 11.5 Å². The zero-order valence-electron chi connectivity index (χ0n) is 28.8. The fraction of sp³-hybridized carbons (Fsp3) is 0.119. The molecule has 290 valence electrons. The highest BCUT2D eigenvalue weighted by Crippen LogP contribution is 2.40. The van der Waals surface area contributed by atoms with Gasteiger partial charge in [-0.05, 0) is 67.4 Å². The molecule has 6 rings (SSSR count). The van der Waals surface area contributed by atoms with E-state index in [0.29, 0.717) is 22.5 Å². The van der Waals surface area contributed by atoms with Gasteiger partial charge >= 0.3 is 12.1 Å². The Labute approximate surface area is 346 Å². The Hall–Kier alpha value is -5.49. The highest BCUT2D eigenvalue weighted by atomic mass is 35.5. The average molecular weight is 835 g/mol. The number of carbonyl (C=O) groups is 3. The lowest BCUT2D eigenvalue weighted by molar-refractivity contribution is 0.112. The molecule has 2 heterocycles. The highest BCUT2D eigenvalue weighted by Gasteiger charge is 2.25. The van der Waals surface area contributed by atoms with Crippen molar-refractivity contribution in [3.05, 3.63) is 152 Å². The maximum Gasteiger partial charge on any atom is 0.325 e. The number of hydrogen-bond donors (Lipinski definition) is 3. The van der Waals surface area contributed by atoms with Gasteiger partial charge in [0, 0.05) is 22.3 Å². The smallest absolute Gasteiger partial charge is 0.325 e. The minimum Gasteiger partial charge on any atom is -0.392 e. The SMILES string of the molecule is C.C.Cc1ccccc1-c1nc(N(C(N)=O)c2c(Cl)cccc2Cl)ccc1C=O.Cc1ccccc1-c1nc(N(C(N)=O)c2c(Cl)cccc2Cl)ccc1CO. The van der Waals surface area contributed by atoms with Gasteiger partial charge in [0.15, 0.2) is 6.29 Å². The summed E-state index contributed by atoms with van der Waals surface area (Å²) in [5.41, 5.74) is 17.2. The molecule has 0 fully saturated rings. The van der Waals surface area contributed by atoms with Crippen LogP contribution in [-0.4, -0.2) is 33.4 Å². The number of aliphatic hydroxyl groups excluding tert-OH is 1. The van der Waals surface area contributed by atoms with Crippen LogP contribution in [0, 0.1) is 13.8 Å². The fourth-order valence-corrected chi connectivity index (χ4v) is 6.75. The van der Waals surface area contributed by atoms with Crippen molar-refractivity contribution in [1.29, 1.82) is 0 Å². The molecule has 0 saturated carbocycles. The van der Waals surface area contributed by atoms with E-state index in [1.807, 2.05) is 62.4 Å². The summed E-state index contributed by atoms with van der Waals surface area (Å²) in [7, 11) is 0. The number of aliphatic hydroxyl groups is 1. The van der Waals surface area contributed by atoms with E-state index in [4.69, 9.17) is 57.9 Å². The third-order valence-electron chi connectivity index (χ3n) is 8.19. The highest BCUT2D eigenvalue weighted by molar-refractivity contribution is 6.41. The van der Waals surface area contributed by atoms with Crippen molar-refractivity contribution in [3.8, 4) is 22.5 Å². The maximum atomic E-state index is 12.2. The molecule has 0 aliphatic carbocycles. The minimum atomic E-state index is -0.799.